The van der Waals surface area contributed by atoms with Gasteiger partial charge < -0.3 is 10.1 Å². The van der Waals surface area contributed by atoms with Crippen LogP contribution in [0.4, 0.5) is 18.9 Å². The Bertz CT molecular complexity index is 502. The molecular formula is C10H9F3N2O4. The van der Waals surface area contributed by atoms with E-state index >= 15 is 0 Å². The molecule has 104 valence electrons. The summed E-state index contributed by atoms with van der Waals surface area (Å²) in [4.78, 5) is 21.3. The highest BCUT2D eigenvalue weighted by Gasteiger charge is 2.28. The summed E-state index contributed by atoms with van der Waals surface area (Å²) in [5, 5.41) is 12.2. The maximum Gasteiger partial charge on any atom is 0.405 e. The third-order valence-electron chi connectivity index (χ3n) is 2.09. The number of nitrogens with zero attached hydrogens (tertiary/aromatic N) is 1. The summed E-state index contributed by atoms with van der Waals surface area (Å²) in [5.41, 5.74) is -0.751. The van der Waals surface area contributed by atoms with Crippen LogP contribution in [0.3, 0.4) is 0 Å². The zero-order valence-corrected chi connectivity index (χ0v) is 9.65. The number of carbonyl (C=O) groups excluding carboxylic acids is 1. The fourth-order valence-electron chi connectivity index (χ4n) is 1.26. The van der Waals surface area contributed by atoms with Crippen LogP contribution in [0.5, 0.6) is 5.75 Å². The molecule has 0 heterocycles. The van der Waals surface area contributed by atoms with Crippen molar-refractivity contribution in [3.05, 3.63) is 33.9 Å². The van der Waals surface area contributed by atoms with Gasteiger partial charge >= 0.3 is 6.18 Å². The fourth-order valence-corrected chi connectivity index (χ4v) is 1.26. The van der Waals surface area contributed by atoms with Crippen LogP contribution in [0.2, 0.25) is 0 Å². The molecule has 0 atom stereocenters. The van der Waals surface area contributed by atoms with Crippen molar-refractivity contribution in [3.8, 4) is 5.75 Å². The minimum atomic E-state index is -4.57. The van der Waals surface area contributed by atoms with Gasteiger partial charge in [-0.15, -0.1) is 0 Å². The molecule has 0 fully saturated rings. The van der Waals surface area contributed by atoms with Crippen LogP contribution in [0.15, 0.2) is 18.2 Å². The molecule has 0 aliphatic heterocycles. The second kappa shape index (κ2) is 5.55. The van der Waals surface area contributed by atoms with Crippen LogP contribution >= 0.6 is 0 Å². The molecule has 0 bridgehead atoms. The van der Waals surface area contributed by atoms with Crippen molar-refractivity contribution in [1.82, 2.24) is 5.32 Å². The highest BCUT2D eigenvalue weighted by Crippen LogP contribution is 2.24. The van der Waals surface area contributed by atoms with Crippen LogP contribution in [0.25, 0.3) is 0 Å². The van der Waals surface area contributed by atoms with Crippen molar-refractivity contribution in [3.63, 3.8) is 0 Å². The molecular weight excluding hydrogens is 269 g/mol. The smallest absolute Gasteiger partial charge is 0.405 e. The summed E-state index contributed by atoms with van der Waals surface area (Å²) in [6.07, 6.45) is -4.57. The molecule has 1 aromatic rings. The molecule has 1 rings (SSSR count). The van der Waals surface area contributed by atoms with E-state index in [0.717, 1.165) is 18.2 Å². The van der Waals surface area contributed by atoms with Gasteiger partial charge in [-0.25, -0.2) is 0 Å². The van der Waals surface area contributed by atoms with E-state index in [1.54, 1.807) is 5.32 Å². The third-order valence-corrected chi connectivity index (χ3v) is 2.09. The molecule has 1 N–H and O–H groups in total. The number of nitro benzene ring substituents is 1. The molecule has 0 saturated carbocycles. The van der Waals surface area contributed by atoms with Gasteiger partial charge in [0.15, 0.2) is 0 Å². The maximum absolute atomic E-state index is 12.0. The quantitative estimate of drug-likeness (QED) is 0.673. The zero-order chi connectivity index (χ0) is 14.6. The Kier molecular flexibility index (Phi) is 4.30. The third kappa shape index (κ3) is 4.12. The molecule has 0 spiro atoms. The molecule has 0 aliphatic carbocycles. The second-order valence-electron chi connectivity index (χ2n) is 3.44. The first-order valence-corrected chi connectivity index (χ1v) is 4.92. The molecule has 19 heavy (non-hydrogen) atoms. The van der Waals surface area contributed by atoms with Crippen molar-refractivity contribution in [2.24, 2.45) is 0 Å². The number of amides is 1. The van der Waals surface area contributed by atoms with E-state index < -0.39 is 29.2 Å². The van der Waals surface area contributed by atoms with E-state index in [4.69, 9.17) is 4.74 Å². The Morgan fingerprint density at radius 2 is 2.11 bits per heavy atom. The number of halogens is 3. The number of alkyl halides is 3. The minimum Gasteiger partial charge on any atom is -0.496 e. The molecule has 1 amide bonds. The van der Waals surface area contributed by atoms with Crippen LogP contribution < -0.4 is 10.1 Å². The summed E-state index contributed by atoms with van der Waals surface area (Å²) >= 11 is 0. The number of ether oxygens (including phenoxy) is 1. The minimum absolute atomic E-state index is 0.0507. The first kappa shape index (κ1) is 14.7. The average molecular weight is 278 g/mol. The Morgan fingerprint density at radius 3 is 2.58 bits per heavy atom. The van der Waals surface area contributed by atoms with E-state index in [1.807, 2.05) is 0 Å². The number of methoxy groups -OCH3 is 1. The van der Waals surface area contributed by atoms with Gasteiger partial charge in [-0.2, -0.15) is 13.2 Å². The predicted molar refractivity (Wildman–Crippen MR) is 58.0 cm³/mol. The van der Waals surface area contributed by atoms with Gasteiger partial charge in [-0.1, -0.05) is 0 Å². The number of hydrogen-bond acceptors (Lipinski definition) is 4. The first-order chi connectivity index (χ1) is 8.74. The predicted octanol–water partition coefficient (Wildman–Crippen LogP) is 1.90. The lowest BCUT2D eigenvalue weighted by molar-refractivity contribution is -0.384. The first-order valence-electron chi connectivity index (χ1n) is 4.92. The van der Waals surface area contributed by atoms with E-state index in [1.165, 1.54) is 7.11 Å². The van der Waals surface area contributed by atoms with Gasteiger partial charge in [0, 0.05) is 12.1 Å². The van der Waals surface area contributed by atoms with Gasteiger partial charge in [0.05, 0.1) is 17.6 Å². The van der Waals surface area contributed by atoms with Gasteiger partial charge in [-0.05, 0) is 6.07 Å². The van der Waals surface area contributed by atoms with Crippen molar-refractivity contribution < 1.29 is 27.6 Å². The second-order valence-corrected chi connectivity index (χ2v) is 3.44. The van der Waals surface area contributed by atoms with Crippen LogP contribution in [-0.4, -0.2) is 30.7 Å². The Balaban J connectivity index is 2.99. The summed E-state index contributed by atoms with van der Waals surface area (Å²) in [7, 11) is 1.20. The maximum atomic E-state index is 12.0. The topological polar surface area (TPSA) is 81.5 Å². The van der Waals surface area contributed by atoms with Gasteiger partial charge in [0.2, 0.25) is 0 Å². The zero-order valence-electron chi connectivity index (χ0n) is 9.65. The summed E-state index contributed by atoms with van der Waals surface area (Å²) in [6, 6.07) is 3.07. The van der Waals surface area contributed by atoms with E-state index in [-0.39, 0.29) is 11.3 Å². The van der Waals surface area contributed by atoms with Crippen molar-refractivity contribution in [2.45, 2.75) is 6.18 Å². The number of rotatable bonds is 4. The molecule has 0 saturated heterocycles. The number of carbonyl (C=O) groups is 1. The number of nitro groups is 1. The van der Waals surface area contributed by atoms with Crippen LogP contribution in [0, 0.1) is 10.1 Å². The Labute approximate surface area is 105 Å². The normalized spacial score (nSPS) is 10.9. The largest absolute Gasteiger partial charge is 0.496 e. The van der Waals surface area contributed by atoms with Gasteiger partial charge in [-0.3, -0.25) is 14.9 Å². The van der Waals surface area contributed by atoms with E-state index in [2.05, 4.69) is 0 Å². The summed E-state index contributed by atoms with van der Waals surface area (Å²) < 4.78 is 40.7. The van der Waals surface area contributed by atoms with Gasteiger partial charge in [0.1, 0.15) is 12.3 Å². The van der Waals surface area contributed by atoms with Gasteiger partial charge in [0.25, 0.3) is 11.6 Å². The number of non-ortho nitro benzene ring substituents is 1. The van der Waals surface area contributed by atoms with E-state index in [0.29, 0.717) is 0 Å². The number of hydrogen-bond donors (Lipinski definition) is 1. The highest BCUT2D eigenvalue weighted by atomic mass is 19.4. The highest BCUT2D eigenvalue weighted by molar-refractivity contribution is 5.97. The van der Waals surface area contributed by atoms with Crippen LogP contribution in [-0.2, 0) is 0 Å². The van der Waals surface area contributed by atoms with E-state index in [9.17, 15) is 28.1 Å². The lowest BCUT2D eigenvalue weighted by Gasteiger charge is -2.10. The Morgan fingerprint density at radius 1 is 1.47 bits per heavy atom. The lowest BCUT2D eigenvalue weighted by atomic mass is 10.1. The molecule has 0 aromatic heterocycles. The molecule has 1 aromatic carbocycles. The molecule has 0 unspecified atom stereocenters. The Hall–Kier alpha value is -2.32. The summed E-state index contributed by atoms with van der Waals surface area (Å²) in [5.74, 6) is -1.15. The van der Waals surface area contributed by atoms with Crippen LogP contribution in [0.1, 0.15) is 10.4 Å². The fraction of sp³-hybridized carbons (Fsp3) is 0.300. The lowest BCUT2D eigenvalue weighted by Crippen LogP contribution is -2.33. The molecule has 0 aliphatic rings. The van der Waals surface area contributed by atoms with Crippen molar-refractivity contribution in [2.75, 3.05) is 13.7 Å². The molecule has 0 radical (unpaired) electrons. The molecule has 9 heteroatoms. The summed E-state index contributed by atoms with van der Waals surface area (Å²) in [6.45, 7) is -1.53. The monoisotopic (exact) mass is 278 g/mol. The number of nitrogens with one attached hydrogen (secondary N) is 1. The van der Waals surface area contributed by atoms with Crippen molar-refractivity contribution in [1.29, 1.82) is 0 Å². The standard InChI is InChI=1S/C10H9F3N2O4/c1-19-8-3-2-6(15(17)18)4-7(8)9(16)14-5-10(11,12)13/h2-4H,5H2,1H3,(H,14,16). The molecule has 6 nitrogen and oxygen atoms in total. The average Bonchev–Trinajstić information content (AvgIpc) is 2.34. The SMILES string of the molecule is COc1ccc([N+](=O)[O-])cc1C(=O)NCC(F)(F)F. The van der Waals surface area contributed by atoms with Crippen molar-refractivity contribution >= 4 is 11.6 Å². The number of benzene rings is 1.